The summed E-state index contributed by atoms with van der Waals surface area (Å²) in [7, 11) is -3.89. The van der Waals surface area contributed by atoms with Crippen LogP contribution in [-0.4, -0.2) is 20.5 Å². The molecule has 0 saturated carbocycles. The third-order valence-electron chi connectivity index (χ3n) is 3.51. The molecule has 0 unspecified atom stereocenters. The first kappa shape index (κ1) is 16.7. The molecule has 1 heterocycles. The number of nitrogens with one attached hydrogen (secondary N) is 3. The zero-order chi connectivity index (χ0) is 17.5. The van der Waals surface area contributed by atoms with E-state index in [9.17, 15) is 17.6 Å². The van der Waals surface area contributed by atoms with Crippen molar-refractivity contribution in [3.05, 3.63) is 52.8 Å². The topological polar surface area (TPSA) is 87.3 Å². The van der Waals surface area contributed by atoms with Gasteiger partial charge in [0.2, 0.25) is 10.0 Å². The lowest BCUT2D eigenvalue weighted by atomic mass is 10.2. The van der Waals surface area contributed by atoms with Gasteiger partial charge in [0.25, 0.3) is 5.91 Å². The number of rotatable bonds is 2. The summed E-state index contributed by atoms with van der Waals surface area (Å²) in [5, 5.41) is 5.63. The van der Waals surface area contributed by atoms with Crippen molar-refractivity contribution in [3.8, 4) is 0 Å². The zero-order valence-corrected chi connectivity index (χ0v) is 14.0. The second-order valence-electron chi connectivity index (χ2n) is 5.29. The molecule has 3 N–H and O–H groups in total. The molecule has 1 amide bonds. The van der Waals surface area contributed by atoms with E-state index in [1.807, 2.05) is 0 Å². The predicted molar refractivity (Wildman–Crippen MR) is 89.0 cm³/mol. The third-order valence-corrected chi connectivity index (χ3v) is 5.21. The summed E-state index contributed by atoms with van der Waals surface area (Å²) >= 11 is 5.81. The molecule has 0 radical (unpaired) electrons. The van der Waals surface area contributed by atoms with Crippen molar-refractivity contribution in [1.29, 1.82) is 0 Å². The lowest BCUT2D eigenvalue weighted by Crippen LogP contribution is -2.51. The van der Waals surface area contributed by atoms with Crippen LogP contribution in [0.3, 0.4) is 0 Å². The van der Waals surface area contributed by atoms with Crippen LogP contribution >= 0.6 is 11.6 Å². The van der Waals surface area contributed by atoms with E-state index in [0.717, 1.165) is 0 Å². The van der Waals surface area contributed by atoms with Gasteiger partial charge in [0, 0.05) is 10.7 Å². The molecule has 0 aromatic heterocycles. The van der Waals surface area contributed by atoms with Crippen molar-refractivity contribution in [3.63, 3.8) is 0 Å². The first-order valence-corrected chi connectivity index (χ1v) is 8.78. The molecule has 1 aliphatic heterocycles. The van der Waals surface area contributed by atoms with Crippen LogP contribution in [0, 0.1) is 12.7 Å². The second-order valence-corrected chi connectivity index (χ2v) is 7.41. The quantitative estimate of drug-likeness (QED) is 0.758. The van der Waals surface area contributed by atoms with Crippen LogP contribution in [0.15, 0.2) is 41.3 Å². The molecule has 126 valence electrons. The number of aryl methyl sites for hydroxylation is 1. The van der Waals surface area contributed by atoms with Crippen LogP contribution in [0.5, 0.6) is 0 Å². The maximum Gasteiger partial charge on any atom is 0.262 e. The monoisotopic (exact) mass is 369 g/mol. The molecule has 6 nitrogen and oxygen atoms in total. The van der Waals surface area contributed by atoms with Crippen LogP contribution in [0.4, 0.5) is 15.8 Å². The van der Waals surface area contributed by atoms with Crippen molar-refractivity contribution in [2.75, 3.05) is 10.6 Å². The first-order chi connectivity index (χ1) is 11.3. The molecule has 0 spiro atoms. The summed E-state index contributed by atoms with van der Waals surface area (Å²) in [5.74, 6) is -1.04. The average Bonchev–Trinajstić information content (AvgIpc) is 2.50. The molecule has 1 aliphatic rings. The highest BCUT2D eigenvalue weighted by molar-refractivity contribution is 7.89. The molecule has 0 aliphatic carbocycles. The lowest BCUT2D eigenvalue weighted by molar-refractivity contribution is -0.117. The van der Waals surface area contributed by atoms with E-state index in [1.54, 1.807) is 6.92 Å². The smallest absolute Gasteiger partial charge is 0.262 e. The number of halogens is 2. The van der Waals surface area contributed by atoms with Crippen molar-refractivity contribution in [1.82, 2.24) is 4.72 Å². The highest BCUT2D eigenvalue weighted by Gasteiger charge is 2.33. The van der Waals surface area contributed by atoms with Gasteiger partial charge in [-0.3, -0.25) is 4.79 Å². The van der Waals surface area contributed by atoms with Gasteiger partial charge in [-0.25, -0.2) is 12.8 Å². The van der Waals surface area contributed by atoms with Crippen LogP contribution in [0.1, 0.15) is 5.56 Å². The summed E-state index contributed by atoms with van der Waals surface area (Å²) in [6.07, 6.45) is -1.20. The molecular weight excluding hydrogens is 357 g/mol. The number of carbonyl (C=O) groups is 1. The summed E-state index contributed by atoms with van der Waals surface area (Å²) in [6, 6.07) is 8.19. The Kier molecular flexibility index (Phi) is 4.20. The van der Waals surface area contributed by atoms with Gasteiger partial charge < -0.3 is 10.6 Å². The molecule has 0 fully saturated rings. The maximum atomic E-state index is 13.1. The molecule has 0 saturated heterocycles. The van der Waals surface area contributed by atoms with Crippen molar-refractivity contribution in [2.45, 2.75) is 18.0 Å². The number of hydrogen-bond donors (Lipinski definition) is 3. The number of anilines is 2. The summed E-state index contributed by atoms with van der Waals surface area (Å²) in [4.78, 5) is 12.3. The fourth-order valence-electron chi connectivity index (χ4n) is 2.33. The maximum absolute atomic E-state index is 13.1. The van der Waals surface area contributed by atoms with Gasteiger partial charge in [-0.15, -0.1) is 0 Å². The van der Waals surface area contributed by atoms with Gasteiger partial charge >= 0.3 is 0 Å². The number of carbonyl (C=O) groups excluding carboxylic acids is 1. The minimum atomic E-state index is -3.89. The van der Waals surface area contributed by atoms with Crippen LogP contribution in [0.2, 0.25) is 5.02 Å². The number of fused-ring (bicyclic) bond motifs is 1. The first-order valence-electron chi connectivity index (χ1n) is 6.92. The normalized spacial score (nSPS) is 18.4. The molecule has 24 heavy (non-hydrogen) atoms. The van der Waals surface area contributed by atoms with Gasteiger partial charge in [-0.2, -0.15) is 4.72 Å². The van der Waals surface area contributed by atoms with Gasteiger partial charge in [0.15, 0.2) is 6.17 Å². The number of benzene rings is 2. The van der Waals surface area contributed by atoms with Crippen molar-refractivity contribution < 1.29 is 17.6 Å². The molecule has 0 bridgehead atoms. The Morgan fingerprint density at radius 1 is 1.25 bits per heavy atom. The van der Waals surface area contributed by atoms with Gasteiger partial charge in [-0.05, 0) is 48.9 Å². The summed E-state index contributed by atoms with van der Waals surface area (Å²) in [5.41, 5.74) is 1.19. The Morgan fingerprint density at radius 2 is 2.00 bits per heavy atom. The summed E-state index contributed by atoms with van der Waals surface area (Å²) < 4.78 is 39.9. The largest absolute Gasteiger partial charge is 0.360 e. The zero-order valence-electron chi connectivity index (χ0n) is 12.4. The minimum Gasteiger partial charge on any atom is -0.360 e. The SMILES string of the molecule is Cc1cc(F)ccc1NC(=O)[C@H]1Nc2ccc(Cl)cc2S(=O)(=O)N1. The van der Waals surface area contributed by atoms with Crippen LogP contribution in [-0.2, 0) is 14.8 Å². The Labute approximate surface area is 143 Å². The Bertz CT molecular complexity index is 934. The van der Waals surface area contributed by atoms with E-state index in [2.05, 4.69) is 15.4 Å². The standard InChI is InChI=1S/C15H13ClFN3O3S/c1-8-6-10(17)3-5-11(8)19-15(21)14-18-12-4-2-9(16)7-13(12)24(22,23)20-14/h2-7,14,18,20H,1H3,(H,19,21)/t14-/m0/s1. The average molecular weight is 370 g/mol. The molecule has 3 rings (SSSR count). The van der Waals surface area contributed by atoms with Gasteiger partial charge in [-0.1, -0.05) is 11.6 Å². The number of sulfonamides is 1. The predicted octanol–water partition coefficient (Wildman–Crippen LogP) is 2.46. The fourth-order valence-corrected chi connectivity index (χ4v) is 3.87. The van der Waals surface area contributed by atoms with Gasteiger partial charge in [0.1, 0.15) is 10.7 Å². The van der Waals surface area contributed by atoms with E-state index < -0.39 is 27.9 Å². The van der Waals surface area contributed by atoms with E-state index in [1.165, 1.54) is 36.4 Å². The van der Waals surface area contributed by atoms with Gasteiger partial charge in [0.05, 0.1) is 5.69 Å². The second kappa shape index (κ2) is 6.04. The Balaban J connectivity index is 1.86. The van der Waals surface area contributed by atoms with Crippen LogP contribution < -0.4 is 15.4 Å². The van der Waals surface area contributed by atoms with E-state index in [4.69, 9.17) is 11.6 Å². The molecule has 2 aromatic carbocycles. The lowest BCUT2D eigenvalue weighted by Gasteiger charge is -2.27. The Morgan fingerprint density at radius 3 is 2.71 bits per heavy atom. The Hall–Kier alpha value is -2.16. The van der Waals surface area contributed by atoms with Crippen molar-refractivity contribution >= 4 is 38.9 Å². The van der Waals surface area contributed by atoms with E-state index in [-0.39, 0.29) is 15.6 Å². The molecule has 1 atom stereocenters. The molecule has 9 heteroatoms. The minimum absolute atomic E-state index is 0.0305. The van der Waals surface area contributed by atoms with Crippen LogP contribution in [0.25, 0.3) is 0 Å². The van der Waals surface area contributed by atoms with E-state index >= 15 is 0 Å². The van der Waals surface area contributed by atoms with E-state index in [0.29, 0.717) is 11.3 Å². The third kappa shape index (κ3) is 3.21. The highest BCUT2D eigenvalue weighted by Crippen LogP contribution is 2.29. The summed E-state index contributed by atoms with van der Waals surface area (Å²) in [6.45, 7) is 1.63. The highest BCUT2D eigenvalue weighted by atomic mass is 35.5. The van der Waals surface area contributed by atoms with Crippen molar-refractivity contribution in [2.24, 2.45) is 0 Å². The number of hydrogen-bond acceptors (Lipinski definition) is 4. The number of amides is 1. The fraction of sp³-hybridized carbons (Fsp3) is 0.133. The molecular formula is C15H13ClFN3O3S. The molecule has 2 aromatic rings.